The van der Waals surface area contributed by atoms with Crippen LogP contribution in [-0.2, 0) is 13.1 Å². The van der Waals surface area contributed by atoms with E-state index in [0.717, 1.165) is 17.3 Å². The Kier molecular flexibility index (Phi) is 11.4. The van der Waals surface area contributed by atoms with E-state index in [2.05, 4.69) is 4.98 Å². The average molecular weight is 613 g/mol. The highest BCUT2D eigenvalue weighted by atomic mass is 16.6. The predicted octanol–water partition coefficient (Wildman–Crippen LogP) is 4.49. The minimum Gasteiger partial charge on any atom is -0.398 e. The van der Waals surface area contributed by atoms with Gasteiger partial charge in [-0.25, -0.2) is 0 Å². The SMILES string of the molecule is Cc1cc(N)cn(Cc2ccccc2)c1=O.Cc1cc([N+](=O)[O-])c[nH]c1=O.Cc1cc([N+](=O)[O-])cn(Cc2ccccc2)c1=O. The number of anilines is 1. The third-order valence-electron chi connectivity index (χ3n) is 6.42. The van der Waals surface area contributed by atoms with Gasteiger partial charge in [-0.15, -0.1) is 0 Å². The molecule has 0 spiro atoms. The number of nitrogen functional groups attached to an aromatic ring is 1. The van der Waals surface area contributed by atoms with Crippen molar-refractivity contribution in [1.82, 2.24) is 14.1 Å². The van der Waals surface area contributed by atoms with Crippen molar-refractivity contribution in [2.75, 3.05) is 5.73 Å². The summed E-state index contributed by atoms with van der Waals surface area (Å²) in [6.45, 7) is 5.77. The van der Waals surface area contributed by atoms with Crippen LogP contribution in [0.2, 0.25) is 0 Å². The normalized spacial score (nSPS) is 10.1. The topological polar surface area (TPSA) is 189 Å². The molecule has 0 aliphatic rings. The van der Waals surface area contributed by atoms with Crippen molar-refractivity contribution >= 4 is 17.1 Å². The Hall–Kier alpha value is -6.11. The largest absolute Gasteiger partial charge is 0.398 e. The number of hydrogen-bond donors (Lipinski definition) is 2. The van der Waals surface area contributed by atoms with Crippen molar-refractivity contribution in [2.45, 2.75) is 33.9 Å². The average Bonchev–Trinajstić information content (AvgIpc) is 3.01. The van der Waals surface area contributed by atoms with E-state index in [4.69, 9.17) is 5.73 Å². The number of aromatic nitrogens is 3. The number of nitrogens with one attached hydrogen (secondary N) is 1. The summed E-state index contributed by atoms with van der Waals surface area (Å²) < 4.78 is 3.00. The van der Waals surface area contributed by atoms with Crippen molar-refractivity contribution in [2.24, 2.45) is 0 Å². The van der Waals surface area contributed by atoms with Crippen molar-refractivity contribution in [3.05, 3.63) is 177 Å². The Bertz CT molecular complexity index is 1970. The summed E-state index contributed by atoms with van der Waals surface area (Å²) >= 11 is 0. The first-order valence-electron chi connectivity index (χ1n) is 13.6. The van der Waals surface area contributed by atoms with E-state index < -0.39 is 9.85 Å². The van der Waals surface area contributed by atoms with Gasteiger partial charge in [-0.2, -0.15) is 0 Å². The van der Waals surface area contributed by atoms with Crippen LogP contribution >= 0.6 is 0 Å². The predicted molar refractivity (Wildman–Crippen MR) is 171 cm³/mol. The van der Waals surface area contributed by atoms with Crippen molar-refractivity contribution in [3.63, 3.8) is 0 Å². The van der Waals surface area contributed by atoms with Gasteiger partial charge in [-0.3, -0.25) is 34.6 Å². The zero-order valence-corrected chi connectivity index (χ0v) is 24.9. The van der Waals surface area contributed by atoms with Gasteiger partial charge in [-0.05, 0) is 38.0 Å². The summed E-state index contributed by atoms with van der Waals surface area (Å²) in [7, 11) is 0. The summed E-state index contributed by atoms with van der Waals surface area (Å²) in [6.07, 6.45) is 4.04. The molecule has 0 saturated heterocycles. The number of aromatic amines is 1. The third-order valence-corrected chi connectivity index (χ3v) is 6.42. The van der Waals surface area contributed by atoms with Crippen molar-refractivity contribution in [3.8, 4) is 0 Å². The Morgan fingerprint density at radius 3 is 1.58 bits per heavy atom. The van der Waals surface area contributed by atoms with E-state index >= 15 is 0 Å². The molecule has 3 aromatic heterocycles. The first-order chi connectivity index (χ1) is 21.3. The number of aryl methyl sites for hydroxylation is 3. The molecule has 5 rings (SSSR count). The van der Waals surface area contributed by atoms with Crippen LogP contribution in [0.25, 0.3) is 0 Å². The van der Waals surface area contributed by atoms with Crippen LogP contribution in [0.1, 0.15) is 27.8 Å². The summed E-state index contributed by atoms with van der Waals surface area (Å²) in [5.41, 5.74) is 9.11. The van der Waals surface area contributed by atoms with Crippen LogP contribution < -0.4 is 22.4 Å². The second kappa shape index (κ2) is 15.4. The van der Waals surface area contributed by atoms with Crippen LogP contribution in [0, 0.1) is 41.0 Å². The fraction of sp³-hybridized carbons (Fsp3) is 0.156. The number of rotatable bonds is 6. The second-order valence-electron chi connectivity index (χ2n) is 10.1. The number of nitro groups is 2. The number of nitrogens with zero attached hydrogens (tertiary/aromatic N) is 4. The number of pyridine rings is 3. The minimum absolute atomic E-state index is 0.0121. The Morgan fingerprint density at radius 1 is 0.667 bits per heavy atom. The molecule has 0 atom stereocenters. The highest BCUT2D eigenvalue weighted by molar-refractivity contribution is 5.37. The first-order valence-corrected chi connectivity index (χ1v) is 13.6. The van der Waals surface area contributed by atoms with E-state index in [9.17, 15) is 34.6 Å². The van der Waals surface area contributed by atoms with Gasteiger partial charge in [0.15, 0.2) is 0 Å². The molecule has 0 radical (unpaired) electrons. The molecule has 0 aliphatic carbocycles. The fourth-order valence-electron chi connectivity index (χ4n) is 4.16. The summed E-state index contributed by atoms with van der Waals surface area (Å²) in [4.78, 5) is 56.6. The van der Waals surface area contributed by atoms with E-state index in [0.29, 0.717) is 35.5 Å². The lowest BCUT2D eigenvalue weighted by molar-refractivity contribution is -0.385. The van der Waals surface area contributed by atoms with Gasteiger partial charge < -0.3 is 19.9 Å². The van der Waals surface area contributed by atoms with E-state index in [1.54, 1.807) is 30.7 Å². The molecule has 3 N–H and O–H groups in total. The highest BCUT2D eigenvalue weighted by Crippen LogP contribution is 2.11. The molecule has 0 fully saturated rings. The van der Waals surface area contributed by atoms with Gasteiger partial charge in [0, 0.05) is 40.7 Å². The van der Waals surface area contributed by atoms with Crippen LogP contribution in [0.5, 0.6) is 0 Å². The second-order valence-corrected chi connectivity index (χ2v) is 10.1. The lowest BCUT2D eigenvalue weighted by Gasteiger charge is -2.08. The molecule has 0 amide bonds. The molecule has 5 aromatic rings. The molecule has 0 bridgehead atoms. The van der Waals surface area contributed by atoms with E-state index in [-0.39, 0.29) is 28.1 Å². The Morgan fingerprint density at radius 2 is 1.11 bits per heavy atom. The Balaban J connectivity index is 0.000000190. The molecule has 0 unspecified atom stereocenters. The van der Waals surface area contributed by atoms with Gasteiger partial charge >= 0.3 is 0 Å². The van der Waals surface area contributed by atoms with Crippen molar-refractivity contribution in [1.29, 1.82) is 0 Å². The van der Waals surface area contributed by atoms with Gasteiger partial charge in [0.25, 0.3) is 28.1 Å². The van der Waals surface area contributed by atoms with E-state index in [1.165, 1.54) is 29.8 Å². The first kappa shape index (κ1) is 33.4. The number of hydrogen-bond acceptors (Lipinski definition) is 8. The minimum atomic E-state index is -0.553. The molecule has 13 nitrogen and oxygen atoms in total. The number of nitrogens with two attached hydrogens (primary N) is 1. The van der Waals surface area contributed by atoms with Crippen LogP contribution in [0.4, 0.5) is 17.1 Å². The number of H-pyrrole nitrogens is 1. The lowest BCUT2D eigenvalue weighted by atomic mass is 10.2. The van der Waals surface area contributed by atoms with Crippen LogP contribution in [0.3, 0.4) is 0 Å². The molecular weight excluding hydrogens is 580 g/mol. The van der Waals surface area contributed by atoms with Gasteiger partial charge in [-0.1, -0.05) is 60.7 Å². The molecule has 2 aromatic carbocycles. The quantitative estimate of drug-likeness (QED) is 0.207. The molecule has 232 valence electrons. The molecule has 45 heavy (non-hydrogen) atoms. The molecule has 13 heteroatoms. The van der Waals surface area contributed by atoms with Crippen LogP contribution in [0.15, 0.2) is 112 Å². The Labute approximate surface area is 257 Å². The molecular formula is C32H32N6O7. The summed E-state index contributed by atoms with van der Waals surface area (Å²) in [5, 5.41) is 20.9. The molecule has 0 saturated carbocycles. The molecule has 3 heterocycles. The number of benzene rings is 2. The maximum Gasteiger partial charge on any atom is 0.286 e. The monoisotopic (exact) mass is 612 g/mol. The zero-order chi connectivity index (χ0) is 33.1. The van der Waals surface area contributed by atoms with Crippen molar-refractivity contribution < 1.29 is 9.85 Å². The maximum atomic E-state index is 11.9. The zero-order valence-electron chi connectivity index (χ0n) is 24.9. The summed E-state index contributed by atoms with van der Waals surface area (Å²) in [6, 6.07) is 23.4. The smallest absolute Gasteiger partial charge is 0.286 e. The van der Waals surface area contributed by atoms with Crippen LogP contribution in [-0.4, -0.2) is 24.0 Å². The maximum absolute atomic E-state index is 11.9. The van der Waals surface area contributed by atoms with Gasteiger partial charge in [0.05, 0.1) is 35.3 Å². The third kappa shape index (κ3) is 9.71. The molecule has 0 aliphatic heterocycles. The summed E-state index contributed by atoms with van der Waals surface area (Å²) in [5.74, 6) is 0. The van der Waals surface area contributed by atoms with E-state index in [1.807, 2.05) is 60.7 Å². The fourth-order valence-corrected chi connectivity index (χ4v) is 4.16. The highest BCUT2D eigenvalue weighted by Gasteiger charge is 2.11. The van der Waals surface area contributed by atoms with Gasteiger partial charge in [0.2, 0.25) is 0 Å². The van der Waals surface area contributed by atoms with Gasteiger partial charge in [0.1, 0.15) is 0 Å². The standard InChI is InChI=1S/C13H12N2O3.C13H14N2O.C6H6N2O3/c1-10-7-12(15(17)18)9-14(13(10)16)8-11-5-3-2-4-6-11;1-10-7-12(14)9-15(13(10)16)8-11-5-3-2-4-6-11;1-4-2-5(8(10)11)3-7-6(4)9/h2-7,9H,8H2,1H3;2-7,9H,8,14H2,1H3;2-3H,1H3,(H,7,9). The lowest BCUT2D eigenvalue weighted by Crippen LogP contribution is -2.22.